The average molecular weight is 127 g/mol. The minimum Gasteiger partial charge on any atom is -0.401 e. The minimum absolute atomic E-state index is 0.0127. The Morgan fingerprint density at radius 2 is 2.00 bits per heavy atom. The first-order valence-corrected chi connectivity index (χ1v) is 3.21. The Morgan fingerprint density at radius 1 is 1.33 bits per heavy atom. The van der Waals surface area contributed by atoms with Gasteiger partial charge in [0.05, 0.1) is 0 Å². The van der Waals surface area contributed by atoms with Crippen molar-refractivity contribution in [2.45, 2.75) is 25.3 Å². The summed E-state index contributed by atoms with van der Waals surface area (Å²) < 4.78 is 0. The smallest absolute Gasteiger partial charge is 0.0460 e. The summed E-state index contributed by atoms with van der Waals surface area (Å²) in [5.74, 6) is 0. The van der Waals surface area contributed by atoms with E-state index in [1.165, 1.54) is 0 Å². The summed E-state index contributed by atoms with van der Waals surface area (Å²) in [6, 6.07) is 0.0127. The van der Waals surface area contributed by atoms with E-state index in [1.54, 1.807) is 0 Å². The molecule has 0 unspecified atom stereocenters. The lowest BCUT2D eigenvalue weighted by Crippen LogP contribution is -2.33. The van der Waals surface area contributed by atoms with Crippen LogP contribution in [0.25, 0.3) is 0 Å². The molecule has 0 amide bonds. The van der Waals surface area contributed by atoms with E-state index >= 15 is 0 Å². The van der Waals surface area contributed by atoms with Crippen LogP contribution >= 0.6 is 0 Å². The van der Waals surface area contributed by atoms with Crippen molar-refractivity contribution in [1.82, 2.24) is 0 Å². The quantitative estimate of drug-likeness (QED) is 0.415. The average Bonchev–Trinajstić information content (AvgIpc) is 1.83. The molecule has 0 radical (unpaired) electrons. The zero-order valence-corrected chi connectivity index (χ0v) is 5.43. The van der Waals surface area contributed by atoms with Crippen LogP contribution in [0.5, 0.6) is 0 Å². The van der Waals surface area contributed by atoms with Gasteiger partial charge in [-0.3, -0.25) is 0 Å². The summed E-state index contributed by atoms with van der Waals surface area (Å²) in [4.78, 5) is 0. The largest absolute Gasteiger partial charge is 0.401 e. The highest BCUT2D eigenvalue weighted by Gasteiger charge is 2.14. The van der Waals surface area contributed by atoms with E-state index in [1.807, 2.05) is 0 Å². The third-order valence-corrected chi connectivity index (χ3v) is 1.73. The van der Waals surface area contributed by atoms with Crippen molar-refractivity contribution in [1.29, 1.82) is 0 Å². The van der Waals surface area contributed by atoms with Crippen LogP contribution in [0.1, 0.15) is 19.3 Å². The minimum atomic E-state index is 0.0127. The Morgan fingerprint density at radius 3 is 2.44 bits per heavy atom. The van der Waals surface area contributed by atoms with Crippen molar-refractivity contribution >= 4 is 0 Å². The third-order valence-electron chi connectivity index (χ3n) is 1.73. The molecule has 1 aliphatic rings. The summed E-state index contributed by atoms with van der Waals surface area (Å²) in [5.41, 5.74) is 18.2. The first-order chi connectivity index (χ1) is 4.22. The zero-order valence-electron chi connectivity index (χ0n) is 5.43. The maximum absolute atomic E-state index is 5.61. The maximum atomic E-state index is 5.61. The lowest BCUT2D eigenvalue weighted by Gasteiger charge is -2.19. The van der Waals surface area contributed by atoms with Crippen LogP contribution in [0.3, 0.4) is 0 Å². The van der Waals surface area contributed by atoms with E-state index in [0.717, 1.165) is 25.0 Å². The van der Waals surface area contributed by atoms with E-state index in [0.29, 0.717) is 5.70 Å². The van der Waals surface area contributed by atoms with Crippen molar-refractivity contribution < 1.29 is 0 Å². The summed E-state index contributed by atoms with van der Waals surface area (Å²) in [7, 11) is 0. The fourth-order valence-corrected chi connectivity index (χ4v) is 1.05. The molecule has 52 valence electrons. The number of hydrogen-bond acceptors (Lipinski definition) is 3. The van der Waals surface area contributed by atoms with Gasteiger partial charge < -0.3 is 17.2 Å². The summed E-state index contributed by atoms with van der Waals surface area (Å²) in [6.45, 7) is 0. The molecule has 0 aromatic carbocycles. The van der Waals surface area contributed by atoms with E-state index in [2.05, 4.69) is 0 Å². The molecule has 0 spiro atoms. The molecule has 3 nitrogen and oxygen atoms in total. The fourth-order valence-electron chi connectivity index (χ4n) is 1.05. The van der Waals surface area contributed by atoms with E-state index < -0.39 is 0 Å². The molecular formula is C6H13N3. The number of rotatable bonds is 0. The molecule has 1 rings (SSSR count). The van der Waals surface area contributed by atoms with Gasteiger partial charge in [0.25, 0.3) is 0 Å². The molecule has 0 aromatic heterocycles. The molecular weight excluding hydrogens is 114 g/mol. The van der Waals surface area contributed by atoms with Crippen LogP contribution in [0.2, 0.25) is 0 Å². The molecule has 0 saturated heterocycles. The van der Waals surface area contributed by atoms with Gasteiger partial charge in [0.1, 0.15) is 0 Å². The second-order valence-electron chi connectivity index (χ2n) is 2.48. The summed E-state index contributed by atoms with van der Waals surface area (Å²) in [6.07, 6.45) is 2.97. The zero-order chi connectivity index (χ0) is 6.85. The standard InChI is InChI=1S/C6H13N3/c7-4-2-1-3-5(8)6(4)9/h4H,1-3,7-9H2/t4-/m1/s1. The highest BCUT2D eigenvalue weighted by molar-refractivity contribution is 5.16. The van der Waals surface area contributed by atoms with Crippen LogP contribution in [-0.2, 0) is 0 Å². The Kier molecular flexibility index (Phi) is 1.62. The van der Waals surface area contributed by atoms with Gasteiger partial charge in [0.2, 0.25) is 0 Å². The Hall–Kier alpha value is -0.700. The topological polar surface area (TPSA) is 78.1 Å². The lowest BCUT2D eigenvalue weighted by atomic mass is 9.98. The molecule has 0 aromatic rings. The molecule has 0 heterocycles. The van der Waals surface area contributed by atoms with Gasteiger partial charge in [0.15, 0.2) is 0 Å². The van der Waals surface area contributed by atoms with E-state index in [9.17, 15) is 0 Å². The van der Waals surface area contributed by atoms with Gasteiger partial charge in [-0.05, 0) is 19.3 Å². The van der Waals surface area contributed by atoms with Gasteiger partial charge in [-0.25, -0.2) is 0 Å². The van der Waals surface area contributed by atoms with Gasteiger partial charge >= 0.3 is 0 Å². The second kappa shape index (κ2) is 2.27. The molecule has 6 N–H and O–H groups in total. The normalized spacial score (nSPS) is 28.8. The van der Waals surface area contributed by atoms with Gasteiger partial charge in [-0.15, -0.1) is 0 Å². The molecule has 0 fully saturated rings. The van der Waals surface area contributed by atoms with Crippen molar-refractivity contribution in [3.8, 4) is 0 Å². The number of nitrogens with two attached hydrogens (primary N) is 3. The van der Waals surface area contributed by atoms with E-state index in [4.69, 9.17) is 17.2 Å². The molecule has 1 atom stereocenters. The maximum Gasteiger partial charge on any atom is 0.0460 e. The van der Waals surface area contributed by atoms with Crippen molar-refractivity contribution in [2.75, 3.05) is 0 Å². The Balaban J connectivity index is 2.72. The lowest BCUT2D eigenvalue weighted by molar-refractivity contribution is 0.585. The van der Waals surface area contributed by atoms with Gasteiger partial charge in [-0.1, -0.05) is 0 Å². The highest BCUT2D eigenvalue weighted by atomic mass is 14.8. The predicted octanol–water partition coefficient (Wildman–Crippen LogP) is -0.373. The van der Waals surface area contributed by atoms with Crippen molar-refractivity contribution in [3.63, 3.8) is 0 Å². The van der Waals surface area contributed by atoms with Crippen LogP contribution in [0.15, 0.2) is 11.4 Å². The third kappa shape index (κ3) is 1.16. The summed E-state index contributed by atoms with van der Waals surface area (Å²) in [5, 5.41) is 0. The Labute approximate surface area is 54.9 Å². The van der Waals surface area contributed by atoms with Crippen molar-refractivity contribution in [2.24, 2.45) is 17.2 Å². The summed E-state index contributed by atoms with van der Waals surface area (Å²) >= 11 is 0. The molecule has 0 bridgehead atoms. The van der Waals surface area contributed by atoms with Gasteiger partial charge in [-0.2, -0.15) is 0 Å². The SMILES string of the molecule is NC1=C(N)[C@H](N)CCC1. The molecule has 9 heavy (non-hydrogen) atoms. The second-order valence-corrected chi connectivity index (χ2v) is 2.48. The molecule has 1 aliphatic carbocycles. The number of hydrogen-bond donors (Lipinski definition) is 3. The van der Waals surface area contributed by atoms with Crippen molar-refractivity contribution in [3.05, 3.63) is 11.4 Å². The van der Waals surface area contributed by atoms with Gasteiger partial charge in [0, 0.05) is 17.4 Å². The number of allylic oxidation sites excluding steroid dienone is 1. The predicted molar refractivity (Wildman–Crippen MR) is 37.2 cm³/mol. The first-order valence-electron chi connectivity index (χ1n) is 3.21. The van der Waals surface area contributed by atoms with Crippen LogP contribution in [0.4, 0.5) is 0 Å². The molecule has 3 heteroatoms. The first kappa shape index (κ1) is 6.42. The fraction of sp³-hybridized carbons (Fsp3) is 0.667. The molecule has 0 aliphatic heterocycles. The van der Waals surface area contributed by atoms with E-state index in [-0.39, 0.29) is 6.04 Å². The monoisotopic (exact) mass is 127 g/mol. The molecule has 0 saturated carbocycles. The highest BCUT2D eigenvalue weighted by Crippen LogP contribution is 2.15. The van der Waals surface area contributed by atoms with Crippen LogP contribution in [-0.4, -0.2) is 6.04 Å². The van der Waals surface area contributed by atoms with Crippen LogP contribution < -0.4 is 17.2 Å². The van der Waals surface area contributed by atoms with Crippen LogP contribution in [0, 0.1) is 0 Å². The Bertz CT molecular complexity index is 139.